The van der Waals surface area contributed by atoms with Gasteiger partial charge in [-0.3, -0.25) is 4.79 Å². The zero-order valence-electron chi connectivity index (χ0n) is 13.8. The molecule has 0 radical (unpaired) electrons. The van der Waals surface area contributed by atoms with Crippen LogP contribution in [0.15, 0.2) is 65.3 Å². The first-order valence-electron chi connectivity index (χ1n) is 7.87. The molecule has 0 aliphatic heterocycles. The minimum absolute atomic E-state index is 0.0807. The Kier molecular flexibility index (Phi) is 5.31. The van der Waals surface area contributed by atoms with Gasteiger partial charge in [0.1, 0.15) is 5.69 Å². The Balaban J connectivity index is 2.09. The summed E-state index contributed by atoms with van der Waals surface area (Å²) in [4.78, 5) is 14.3. The van der Waals surface area contributed by atoms with Gasteiger partial charge >= 0.3 is 0 Å². The van der Waals surface area contributed by atoms with Gasteiger partial charge in [0, 0.05) is 29.8 Å². The summed E-state index contributed by atoms with van der Waals surface area (Å²) in [7, 11) is 1.67. The first-order valence-corrected chi connectivity index (χ1v) is 8.67. The summed E-state index contributed by atoms with van der Waals surface area (Å²) < 4.78 is 2.67. The zero-order valence-corrected chi connectivity index (χ0v) is 15.3. The lowest BCUT2D eigenvalue weighted by Gasteiger charge is -2.15. The molecule has 0 aliphatic carbocycles. The van der Waals surface area contributed by atoms with E-state index in [0.717, 1.165) is 15.7 Å². The number of para-hydroxylation sites is 1. The maximum absolute atomic E-state index is 12.8. The molecule has 0 atom stereocenters. The maximum Gasteiger partial charge on any atom is 0.257 e. The van der Waals surface area contributed by atoms with Crippen LogP contribution < -0.4 is 0 Å². The number of aliphatic hydroxyl groups excluding tert-OH is 1. The Morgan fingerprint density at radius 3 is 2.48 bits per heavy atom. The third kappa shape index (κ3) is 3.81. The van der Waals surface area contributed by atoms with Crippen molar-refractivity contribution < 1.29 is 9.90 Å². The van der Waals surface area contributed by atoms with Crippen molar-refractivity contribution in [3.63, 3.8) is 0 Å². The number of benzene rings is 2. The number of hydrogen-bond acceptors (Lipinski definition) is 3. The number of carbonyl (C=O) groups excluding carboxylic acids is 1. The predicted molar refractivity (Wildman–Crippen MR) is 101 cm³/mol. The smallest absolute Gasteiger partial charge is 0.257 e. The number of aromatic nitrogens is 2. The van der Waals surface area contributed by atoms with E-state index in [1.54, 1.807) is 17.9 Å². The number of rotatable bonds is 5. The number of hydrogen-bond donors (Lipinski definition) is 1. The first-order chi connectivity index (χ1) is 12.1. The first kappa shape index (κ1) is 17.4. The molecule has 1 heterocycles. The highest BCUT2D eigenvalue weighted by Crippen LogP contribution is 2.26. The van der Waals surface area contributed by atoms with Crippen LogP contribution in [0.2, 0.25) is 0 Å². The molecule has 128 valence electrons. The van der Waals surface area contributed by atoms with Crippen LogP contribution in [-0.4, -0.2) is 45.9 Å². The molecule has 0 saturated heterocycles. The molecule has 0 unspecified atom stereocenters. The highest BCUT2D eigenvalue weighted by atomic mass is 79.9. The van der Waals surface area contributed by atoms with Gasteiger partial charge in [0.2, 0.25) is 0 Å². The highest BCUT2D eigenvalue weighted by molar-refractivity contribution is 9.10. The van der Waals surface area contributed by atoms with Crippen LogP contribution in [0.4, 0.5) is 0 Å². The van der Waals surface area contributed by atoms with Gasteiger partial charge < -0.3 is 10.0 Å². The molecule has 0 aliphatic rings. The third-order valence-corrected chi connectivity index (χ3v) is 4.39. The molecular weight excluding hydrogens is 382 g/mol. The molecule has 3 aromatic rings. The summed E-state index contributed by atoms with van der Waals surface area (Å²) in [5.41, 5.74) is 2.86. The van der Waals surface area contributed by atoms with Crippen LogP contribution in [-0.2, 0) is 0 Å². The average Bonchev–Trinajstić information content (AvgIpc) is 3.08. The normalized spacial score (nSPS) is 10.7. The lowest BCUT2D eigenvalue weighted by Crippen LogP contribution is -2.29. The number of likely N-dealkylation sites (N-methyl/N-ethyl adjacent to an activating group) is 1. The van der Waals surface area contributed by atoms with E-state index in [0.29, 0.717) is 11.3 Å². The van der Waals surface area contributed by atoms with E-state index >= 15 is 0 Å². The third-order valence-electron chi connectivity index (χ3n) is 3.87. The topological polar surface area (TPSA) is 58.4 Å². The Bertz CT molecular complexity index is 860. The van der Waals surface area contributed by atoms with Gasteiger partial charge in [-0.25, -0.2) is 4.68 Å². The van der Waals surface area contributed by atoms with Gasteiger partial charge in [0.05, 0.1) is 17.9 Å². The molecule has 3 rings (SSSR count). The van der Waals surface area contributed by atoms with Crippen molar-refractivity contribution in [2.45, 2.75) is 0 Å². The lowest BCUT2D eigenvalue weighted by atomic mass is 10.1. The van der Waals surface area contributed by atoms with Gasteiger partial charge in [-0.2, -0.15) is 5.10 Å². The Morgan fingerprint density at radius 1 is 1.16 bits per heavy atom. The fourth-order valence-corrected chi connectivity index (χ4v) is 2.79. The summed E-state index contributed by atoms with van der Waals surface area (Å²) in [6.07, 6.45) is 1.74. The van der Waals surface area contributed by atoms with Gasteiger partial charge in [-0.1, -0.05) is 46.3 Å². The number of carbonyl (C=O) groups is 1. The second-order valence-electron chi connectivity index (χ2n) is 5.63. The van der Waals surface area contributed by atoms with E-state index in [9.17, 15) is 4.79 Å². The monoisotopic (exact) mass is 399 g/mol. The summed E-state index contributed by atoms with van der Waals surface area (Å²) in [6, 6.07) is 17.3. The molecule has 0 spiro atoms. The molecule has 0 saturated carbocycles. The van der Waals surface area contributed by atoms with Crippen LogP contribution >= 0.6 is 15.9 Å². The van der Waals surface area contributed by atoms with Gasteiger partial charge in [0.15, 0.2) is 0 Å². The van der Waals surface area contributed by atoms with E-state index in [2.05, 4.69) is 21.0 Å². The Hall–Kier alpha value is -2.44. The number of aliphatic hydroxyl groups is 1. The lowest BCUT2D eigenvalue weighted by molar-refractivity contribution is 0.0767. The van der Waals surface area contributed by atoms with Crippen LogP contribution in [0.25, 0.3) is 16.9 Å². The number of halogens is 1. The van der Waals surface area contributed by atoms with E-state index in [1.807, 2.05) is 54.6 Å². The Labute approximate surface area is 154 Å². The molecule has 1 N–H and O–H groups in total. The van der Waals surface area contributed by atoms with E-state index in [-0.39, 0.29) is 19.1 Å². The largest absolute Gasteiger partial charge is 0.395 e. The molecule has 5 nitrogen and oxygen atoms in total. The molecule has 2 aromatic carbocycles. The van der Waals surface area contributed by atoms with E-state index in [4.69, 9.17) is 5.11 Å². The van der Waals surface area contributed by atoms with Crippen LogP contribution in [0.1, 0.15) is 10.4 Å². The van der Waals surface area contributed by atoms with Gasteiger partial charge in [-0.05, 0) is 24.3 Å². The van der Waals surface area contributed by atoms with Crippen molar-refractivity contribution in [1.82, 2.24) is 14.7 Å². The van der Waals surface area contributed by atoms with Crippen LogP contribution in [0.3, 0.4) is 0 Å². The SMILES string of the molecule is CN(CCO)C(=O)c1cn(-c2ccccc2)nc1-c1ccc(Br)cc1. The molecule has 1 aromatic heterocycles. The summed E-state index contributed by atoms with van der Waals surface area (Å²) in [5.74, 6) is -0.172. The molecular formula is C19H18BrN3O2. The average molecular weight is 400 g/mol. The zero-order chi connectivity index (χ0) is 17.8. The van der Waals surface area contributed by atoms with Crippen molar-refractivity contribution in [3.8, 4) is 16.9 Å². The van der Waals surface area contributed by atoms with Crippen molar-refractivity contribution in [3.05, 3.63) is 70.8 Å². The van der Waals surface area contributed by atoms with E-state index < -0.39 is 0 Å². The molecule has 0 bridgehead atoms. The minimum atomic E-state index is -0.172. The standard InChI is InChI=1S/C19H18BrN3O2/c1-22(11-12-24)19(25)17-13-23(16-5-3-2-4-6-16)21-18(17)14-7-9-15(20)10-8-14/h2-10,13,24H,11-12H2,1H3. The fourth-order valence-electron chi connectivity index (χ4n) is 2.52. The second kappa shape index (κ2) is 7.63. The minimum Gasteiger partial charge on any atom is -0.395 e. The fraction of sp³-hybridized carbons (Fsp3) is 0.158. The van der Waals surface area contributed by atoms with Gasteiger partial charge in [0.25, 0.3) is 5.91 Å². The number of nitrogens with zero attached hydrogens (tertiary/aromatic N) is 3. The summed E-state index contributed by atoms with van der Waals surface area (Å²) >= 11 is 3.42. The maximum atomic E-state index is 12.8. The quantitative estimate of drug-likeness (QED) is 0.715. The van der Waals surface area contributed by atoms with Crippen LogP contribution in [0.5, 0.6) is 0 Å². The van der Waals surface area contributed by atoms with Crippen LogP contribution in [0, 0.1) is 0 Å². The van der Waals surface area contributed by atoms with Crippen molar-refractivity contribution in [2.75, 3.05) is 20.2 Å². The summed E-state index contributed by atoms with van der Waals surface area (Å²) in [6.45, 7) is 0.192. The molecule has 25 heavy (non-hydrogen) atoms. The molecule has 0 fully saturated rings. The molecule has 6 heteroatoms. The number of amides is 1. The van der Waals surface area contributed by atoms with Crippen molar-refractivity contribution >= 4 is 21.8 Å². The van der Waals surface area contributed by atoms with Crippen molar-refractivity contribution in [2.24, 2.45) is 0 Å². The Morgan fingerprint density at radius 2 is 1.84 bits per heavy atom. The van der Waals surface area contributed by atoms with Gasteiger partial charge in [-0.15, -0.1) is 0 Å². The summed E-state index contributed by atoms with van der Waals surface area (Å²) in [5, 5.41) is 13.7. The van der Waals surface area contributed by atoms with E-state index in [1.165, 1.54) is 4.90 Å². The van der Waals surface area contributed by atoms with Crippen molar-refractivity contribution in [1.29, 1.82) is 0 Å². The predicted octanol–water partition coefficient (Wildman–Crippen LogP) is 3.37. The molecule has 1 amide bonds. The highest BCUT2D eigenvalue weighted by Gasteiger charge is 2.21. The second-order valence-corrected chi connectivity index (χ2v) is 6.54.